The minimum Gasteiger partial charge on any atom is -0.351 e. The van der Waals surface area contributed by atoms with E-state index in [9.17, 15) is 0 Å². The quantitative estimate of drug-likeness (QED) is 0.679. The molecule has 1 N–H and O–H groups in total. The molecule has 2 aromatic heterocycles. The summed E-state index contributed by atoms with van der Waals surface area (Å²) in [5.41, 5.74) is 0.968. The van der Waals surface area contributed by atoms with Gasteiger partial charge in [0, 0.05) is 31.7 Å². The van der Waals surface area contributed by atoms with Crippen LogP contribution in [0.1, 0.15) is 16.4 Å². The van der Waals surface area contributed by atoms with Crippen molar-refractivity contribution in [1.29, 1.82) is 0 Å². The number of likely N-dealkylation sites (N-methyl/N-ethyl adjacent to an activating group) is 1. The van der Waals surface area contributed by atoms with Gasteiger partial charge in [-0.3, -0.25) is 4.99 Å². The van der Waals surface area contributed by atoms with Gasteiger partial charge in [-0.1, -0.05) is 6.07 Å². The molecule has 0 saturated carbocycles. The largest absolute Gasteiger partial charge is 0.351 e. The molecular formula is C15H21N5S. The number of aliphatic imine (C=N–C) groups is 1. The lowest BCUT2D eigenvalue weighted by Gasteiger charge is -2.21. The fraction of sp³-hybridized carbons (Fsp3) is 0.400. The van der Waals surface area contributed by atoms with E-state index in [1.54, 1.807) is 24.6 Å². The Morgan fingerprint density at radius 3 is 2.95 bits per heavy atom. The van der Waals surface area contributed by atoms with Crippen molar-refractivity contribution in [3.63, 3.8) is 0 Å². The monoisotopic (exact) mass is 303 g/mol. The second kappa shape index (κ2) is 7.73. The summed E-state index contributed by atoms with van der Waals surface area (Å²) < 4.78 is 0. The molecular weight excluding hydrogens is 282 g/mol. The molecule has 6 heteroatoms. The molecule has 0 bridgehead atoms. The Morgan fingerprint density at radius 2 is 2.29 bits per heavy atom. The van der Waals surface area contributed by atoms with Gasteiger partial charge in [-0.25, -0.2) is 9.97 Å². The second-order valence-corrected chi connectivity index (χ2v) is 5.78. The summed E-state index contributed by atoms with van der Waals surface area (Å²) in [6.45, 7) is 3.48. The van der Waals surface area contributed by atoms with Crippen LogP contribution in [-0.4, -0.2) is 41.5 Å². The van der Waals surface area contributed by atoms with Crippen molar-refractivity contribution in [3.05, 3.63) is 46.2 Å². The number of rotatable bonds is 5. The van der Waals surface area contributed by atoms with E-state index >= 15 is 0 Å². The lowest BCUT2D eigenvalue weighted by atomic mass is 10.3. The van der Waals surface area contributed by atoms with Crippen LogP contribution in [-0.2, 0) is 13.0 Å². The standard InChI is InChI=1S/C15H21N5S/c1-12-17-8-6-13(19-12)11-18-15(16-2)20(3)9-7-14-5-4-10-21-14/h4-6,8,10H,7,9,11H2,1-3H3,(H,16,18). The van der Waals surface area contributed by atoms with Gasteiger partial charge in [-0.2, -0.15) is 0 Å². The molecule has 0 aromatic carbocycles. The van der Waals surface area contributed by atoms with Gasteiger partial charge >= 0.3 is 0 Å². The van der Waals surface area contributed by atoms with Crippen LogP contribution in [0.25, 0.3) is 0 Å². The SMILES string of the molecule is CN=C(NCc1ccnc(C)n1)N(C)CCc1cccs1. The maximum absolute atomic E-state index is 4.38. The molecule has 2 rings (SSSR count). The van der Waals surface area contributed by atoms with Gasteiger partial charge in [0.05, 0.1) is 12.2 Å². The lowest BCUT2D eigenvalue weighted by Crippen LogP contribution is -2.39. The van der Waals surface area contributed by atoms with Gasteiger partial charge in [0.1, 0.15) is 5.82 Å². The van der Waals surface area contributed by atoms with Gasteiger partial charge < -0.3 is 10.2 Å². The zero-order chi connectivity index (χ0) is 15.1. The second-order valence-electron chi connectivity index (χ2n) is 4.75. The van der Waals surface area contributed by atoms with Crippen LogP contribution in [0.3, 0.4) is 0 Å². The van der Waals surface area contributed by atoms with E-state index in [0.717, 1.165) is 30.4 Å². The Hall–Kier alpha value is -1.95. The van der Waals surface area contributed by atoms with Crippen LogP contribution in [0.5, 0.6) is 0 Å². The summed E-state index contributed by atoms with van der Waals surface area (Å²) in [6.07, 6.45) is 2.81. The molecule has 0 aliphatic carbocycles. The van der Waals surface area contributed by atoms with Crippen molar-refractivity contribution in [3.8, 4) is 0 Å². The first kappa shape index (κ1) is 15.4. The lowest BCUT2D eigenvalue weighted by molar-refractivity contribution is 0.485. The average Bonchev–Trinajstić information content (AvgIpc) is 2.99. The van der Waals surface area contributed by atoms with E-state index in [1.165, 1.54) is 4.88 Å². The van der Waals surface area contributed by atoms with E-state index in [0.29, 0.717) is 6.54 Å². The Labute approximate surface area is 129 Å². The minimum atomic E-state index is 0.652. The highest BCUT2D eigenvalue weighted by atomic mass is 32.1. The van der Waals surface area contributed by atoms with Crippen molar-refractivity contribution in [2.75, 3.05) is 20.6 Å². The molecule has 5 nitrogen and oxygen atoms in total. The first-order valence-corrected chi connectivity index (χ1v) is 7.79. The van der Waals surface area contributed by atoms with Crippen molar-refractivity contribution < 1.29 is 0 Å². The van der Waals surface area contributed by atoms with Gasteiger partial charge in [0.15, 0.2) is 5.96 Å². The number of hydrogen-bond donors (Lipinski definition) is 1. The molecule has 0 fully saturated rings. The highest BCUT2D eigenvalue weighted by molar-refractivity contribution is 7.09. The molecule has 0 aliphatic heterocycles. The molecule has 0 aliphatic rings. The van der Waals surface area contributed by atoms with Crippen LogP contribution in [0.2, 0.25) is 0 Å². The fourth-order valence-electron chi connectivity index (χ4n) is 2.00. The average molecular weight is 303 g/mol. The van der Waals surface area contributed by atoms with Crippen molar-refractivity contribution in [2.45, 2.75) is 19.9 Å². The van der Waals surface area contributed by atoms with Crippen molar-refractivity contribution in [1.82, 2.24) is 20.2 Å². The third kappa shape index (κ3) is 4.82. The topological polar surface area (TPSA) is 53.4 Å². The highest BCUT2D eigenvalue weighted by Gasteiger charge is 2.06. The van der Waals surface area contributed by atoms with Gasteiger partial charge in [-0.05, 0) is 30.9 Å². The number of aryl methyl sites for hydroxylation is 1. The Morgan fingerprint density at radius 1 is 1.43 bits per heavy atom. The molecule has 21 heavy (non-hydrogen) atoms. The van der Waals surface area contributed by atoms with E-state index in [4.69, 9.17) is 0 Å². The zero-order valence-corrected chi connectivity index (χ0v) is 13.5. The molecule has 2 aromatic rings. The number of nitrogens with one attached hydrogen (secondary N) is 1. The number of aromatic nitrogens is 2. The Balaban J connectivity index is 1.84. The van der Waals surface area contributed by atoms with Crippen LogP contribution in [0.4, 0.5) is 0 Å². The van der Waals surface area contributed by atoms with Crippen LogP contribution < -0.4 is 5.32 Å². The number of guanidine groups is 1. The normalized spacial score (nSPS) is 11.5. The number of thiophene rings is 1. The third-order valence-electron chi connectivity index (χ3n) is 3.11. The molecule has 0 amide bonds. The Bertz CT molecular complexity index is 580. The summed E-state index contributed by atoms with van der Waals surface area (Å²) in [5, 5.41) is 5.44. The number of nitrogens with zero attached hydrogens (tertiary/aromatic N) is 4. The Kier molecular flexibility index (Phi) is 5.68. The fourth-order valence-corrected chi connectivity index (χ4v) is 2.69. The zero-order valence-electron chi connectivity index (χ0n) is 12.7. The summed E-state index contributed by atoms with van der Waals surface area (Å²) in [7, 11) is 3.85. The molecule has 112 valence electrons. The van der Waals surface area contributed by atoms with Gasteiger partial charge in [0.2, 0.25) is 0 Å². The first-order valence-electron chi connectivity index (χ1n) is 6.91. The van der Waals surface area contributed by atoms with Crippen molar-refractivity contribution in [2.24, 2.45) is 4.99 Å². The molecule has 0 spiro atoms. The molecule has 2 heterocycles. The third-order valence-corrected chi connectivity index (χ3v) is 4.04. The van der Waals surface area contributed by atoms with E-state index < -0.39 is 0 Å². The summed E-state index contributed by atoms with van der Waals surface area (Å²) in [4.78, 5) is 16.3. The van der Waals surface area contributed by atoms with Crippen LogP contribution in [0, 0.1) is 6.92 Å². The molecule has 0 saturated heterocycles. The highest BCUT2D eigenvalue weighted by Crippen LogP contribution is 2.09. The summed E-state index contributed by atoms with van der Waals surface area (Å²) >= 11 is 1.79. The van der Waals surface area contributed by atoms with Gasteiger partial charge in [-0.15, -0.1) is 11.3 Å². The predicted octanol–water partition coefficient (Wildman–Crippen LogP) is 2.10. The van der Waals surface area contributed by atoms with Crippen LogP contribution in [0.15, 0.2) is 34.8 Å². The maximum Gasteiger partial charge on any atom is 0.193 e. The number of hydrogen-bond acceptors (Lipinski definition) is 4. The van der Waals surface area contributed by atoms with Gasteiger partial charge in [0.25, 0.3) is 0 Å². The predicted molar refractivity (Wildman–Crippen MR) is 87.6 cm³/mol. The minimum absolute atomic E-state index is 0.652. The maximum atomic E-state index is 4.38. The molecule has 0 radical (unpaired) electrons. The first-order chi connectivity index (χ1) is 10.2. The molecule has 0 atom stereocenters. The summed E-state index contributed by atoms with van der Waals surface area (Å²) in [5.74, 6) is 1.66. The van der Waals surface area contributed by atoms with E-state index in [1.807, 2.05) is 20.0 Å². The smallest absolute Gasteiger partial charge is 0.193 e. The van der Waals surface area contributed by atoms with Crippen LogP contribution >= 0.6 is 11.3 Å². The van der Waals surface area contributed by atoms with E-state index in [-0.39, 0.29) is 0 Å². The van der Waals surface area contributed by atoms with Crippen molar-refractivity contribution >= 4 is 17.3 Å². The van der Waals surface area contributed by atoms with E-state index in [2.05, 4.69) is 42.7 Å². The molecule has 0 unspecified atom stereocenters. The summed E-state index contributed by atoms with van der Waals surface area (Å²) in [6, 6.07) is 6.17.